The molecule has 1 aliphatic rings. The molecule has 0 unspecified atom stereocenters. The SMILES string of the molecule is Cn1cc([C@@H]2CS(=O)(=O)CCN2C(=O)c2ccc(Cl)s2)cn1. The smallest absolute Gasteiger partial charge is 0.264 e. The van der Waals surface area contributed by atoms with Crippen LogP contribution in [0.25, 0.3) is 0 Å². The zero-order valence-corrected chi connectivity index (χ0v) is 14.2. The molecule has 22 heavy (non-hydrogen) atoms. The lowest BCUT2D eigenvalue weighted by Gasteiger charge is -2.34. The molecule has 1 amide bonds. The van der Waals surface area contributed by atoms with Crippen LogP contribution in [-0.2, 0) is 16.9 Å². The molecule has 0 saturated carbocycles. The van der Waals surface area contributed by atoms with Crippen molar-refractivity contribution >= 4 is 38.7 Å². The third-order valence-electron chi connectivity index (χ3n) is 3.59. The van der Waals surface area contributed by atoms with Crippen molar-refractivity contribution in [2.24, 2.45) is 7.05 Å². The normalized spacial score (nSPS) is 21.0. The number of thiophene rings is 1. The molecular formula is C13H14ClN3O3S2. The van der Waals surface area contributed by atoms with E-state index in [-0.39, 0.29) is 24.0 Å². The molecule has 118 valence electrons. The summed E-state index contributed by atoms with van der Waals surface area (Å²) in [4.78, 5) is 14.8. The average Bonchev–Trinajstić information content (AvgIpc) is 3.06. The molecule has 0 spiro atoms. The fourth-order valence-electron chi connectivity index (χ4n) is 2.51. The molecule has 0 aliphatic carbocycles. The molecule has 0 radical (unpaired) electrons. The van der Waals surface area contributed by atoms with E-state index in [0.29, 0.717) is 9.21 Å². The summed E-state index contributed by atoms with van der Waals surface area (Å²) in [6.07, 6.45) is 3.35. The van der Waals surface area contributed by atoms with Gasteiger partial charge in [-0.25, -0.2) is 8.42 Å². The molecule has 2 aromatic heterocycles. The van der Waals surface area contributed by atoms with Gasteiger partial charge in [0.05, 0.1) is 33.0 Å². The van der Waals surface area contributed by atoms with E-state index in [9.17, 15) is 13.2 Å². The number of amides is 1. The minimum absolute atomic E-state index is 0.0192. The van der Waals surface area contributed by atoms with E-state index < -0.39 is 15.9 Å². The van der Waals surface area contributed by atoms with Gasteiger partial charge in [0.25, 0.3) is 5.91 Å². The maximum absolute atomic E-state index is 12.7. The Labute approximate surface area is 137 Å². The monoisotopic (exact) mass is 359 g/mol. The van der Waals surface area contributed by atoms with Crippen LogP contribution in [0.5, 0.6) is 0 Å². The fraction of sp³-hybridized carbons (Fsp3) is 0.385. The minimum atomic E-state index is -3.17. The number of halogens is 1. The standard InChI is InChI=1S/C13H14ClN3O3S2/c1-16-7-9(6-15-16)10-8-22(19,20)5-4-17(10)13(18)11-2-3-12(14)21-11/h2-3,6-7,10H,4-5,8H2,1H3/t10-/m0/s1. The van der Waals surface area contributed by atoms with Crippen LogP contribution >= 0.6 is 22.9 Å². The van der Waals surface area contributed by atoms with Gasteiger partial charge in [-0.1, -0.05) is 11.6 Å². The van der Waals surface area contributed by atoms with Crippen LogP contribution in [0.1, 0.15) is 21.3 Å². The summed E-state index contributed by atoms with van der Waals surface area (Å²) in [5, 5.41) is 4.08. The lowest BCUT2D eigenvalue weighted by molar-refractivity contribution is 0.0702. The first kappa shape index (κ1) is 15.5. The van der Waals surface area contributed by atoms with Gasteiger partial charge in [0.15, 0.2) is 9.84 Å². The van der Waals surface area contributed by atoms with Crippen molar-refractivity contribution in [1.82, 2.24) is 14.7 Å². The maximum Gasteiger partial charge on any atom is 0.264 e. The molecule has 0 aromatic carbocycles. The second kappa shape index (κ2) is 5.68. The molecule has 1 atom stereocenters. The predicted octanol–water partition coefficient (Wildman–Crippen LogP) is 1.75. The number of carbonyl (C=O) groups excluding carboxylic acids is 1. The molecule has 6 nitrogen and oxygen atoms in total. The summed E-state index contributed by atoms with van der Waals surface area (Å²) in [5.41, 5.74) is 0.724. The Hall–Kier alpha value is -1.38. The minimum Gasteiger partial charge on any atom is -0.329 e. The zero-order chi connectivity index (χ0) is 15.9. The quantitative estimate of drug-likeness (QED) is 0.818. The van der Waals surface area contributed by atoms with E-state index in [1.165, 1.54) is 11.3 Å². The highest BCUT2D eigenvalue weighted by molar-refractivity contribution is 7.91. The Bertz CT molecular complexity index is 812. The first-order valence-electron chi connectivity index (χ1n) is 6.61. The van der Waals surface area contributed by atoms with Gasteiger partial charge in [0.2, 0.25) is 0 Å². The highest BCUT2D eigenvalue weighted by Crippen LogP contribution is 2.30. The van der Waals surface area contributed by atoms with Crippen molar-refractivity contribution in [3.05, 3.63) is 39.3 Å². The van der Waals surface area contributed by atoms with Crippen molar-refractivity contribution < 1.29 is 13.2 Å². The van der Waals surface area contributed by atoms with Gasteiger partial charge >= 0.3 is 0 Å². The van der Waals surface area contributed by atoms with Gasteiger partial charge < -0.3 is 4.90 Å². The van der Waals surface area contributed by atoms with Crippen LogP contribution in [-0.4, -0.2) is 47.1 Å². The van der Waals surface area contributed by atoms with E-state index in [0.717, 1.165) is 5.56 Å². The maximum atomic E-state index is 12.7. The van der Waals surface area contributed by atoms with Crippen LogP contribution in [0, 0.1) is 0 Å². The Morgan fingerprint density at radius 3 is 2.82 bits per heavy atom. The number of nitrogens with zero attached hydrogens (tertiary/aromatic N) is 3. The summed E-state index contributed by atoms with van der Waals surface area (Å²) in [7, 11) is -1.41. The van der Waals surface area contributed by atoms with E-state index >= 15 is 0 Å². The van der Waals surface area contributed by atoms with Crippen molar-refractivity contribution in [2.75, 3.05) is 18.1 Å². The highest BCUT2D eigenvalue weighted by Gasteiger charge is 2.36. The number of hydrogen-bond acceptors (Lipinski definition) is 5. The van der Waals surface area contributed by atoms with Crippen LogP contribution in [0.4, 0.5) is 0 Å². The molecule has 0 bridgehead atoms. The first-order valence-corrected chi connectivity index (χ1v) is 9.62. The molecular weight excluding hydrogens is 346 g/mol. The number of aryl methyl sites for hydroxylation is 1. The zero-order valence-electron chi connectivity index (χ0n) is 11.8. The summed E-state index contributed by atoms with van der Waals surface area (Å²) < 4.78 is 26.1. The second-order valence-corrected chi connectivity index (χ2v) is 9.12. The van der Waals surface area contributed by atoms with Crippen molar-refractivity contribution in [1.29, 1.82) is 0 Å². The van der Waals surface area contributed by atoms with Crippen LogP contribution < -0.4 is 0 Å². The van der Waals surface area contributed by atoms with Gasteiger partial charge in [0, 0.05) is 25.4 Å². The van der Waals surface area contributed by atoms with Crippen molar-refractivity contribution in [3.8, 4) is 0 Å². The Kier molecular flexibility index (Phi) is 4.00. The van der Waals surface area contributed by atoms with Gasteiger partial charge in [0.1, 0.15) is 0 Å². The number of sulfone groups is 1. The van der Waals surface area contributed by atoms with Crippen LogP contribution in [0.2, 0.25) is 4.34 Å². The highest BCUT2D eigenvalue weighted by atomic mass is 35.5. The first-order chi connectivity index (χ1) is 10.4. The van der Waals surface area contributed by atoms with E-state index in [1.54, 1.807) is 41.2 Å². The van der Waals surface area contributed by atoms with Gasteiger partial charge in [-0.3, -0.25) is 9.48 Å². The Balaban J connectivity index is 1.95. The largest absolute Gasteiger partial charge is 0.329 e. The van der Waals surface area contributed by atoms with Crippen LogP contribution in [0.15, 0.2) is 24.5 Å². The lowest BCUT2D eigenvalue weighted by Crippen LogP contribution is -2.45. The number of hydrogen-bond donors (Lipinski definition) is 0. The third-order valence-corrected chi connectivity index (χ3v) is 6.43. The molecule has 2 aromatic rings. The van der Waals surface area contributed by atoms with E-state index in [4.69, 9.17) is 11.6 Å². The number of aromatic nitrogens is 2. The molecule has 0 N–H and O–H groups in total. The van der Waals surface area contributed by atoms with Crippen molar-refractivity contribution in [2.45, 2.75) is 6.04 Å². The van der Waals surface area contributed by atoms with Gasteiger partial charge in [-0.2, -0.15) is 5.10 Å². The molecule has 3 rings (SSSR count). The Morgan fingerprint density at radius 2 is 2.23 bits per heavy atom. The molecule has 3 heterocycles. The molecule has 9 heteroatoms. The summed E-state index contributed by atoms with van der Waals surface area (Å²) in [6, 6.07) is 2.82. The fourth-order valence-corrected chi connectivity index (χ4v) is 5.00. The summed E-state index contributed by atoms with van der Waals surface area (Å²) in [6.45, 7) is 0.177. The third kappa shape index (κ3) is 3.04. The summed E-state index contributed by atoms with van der Waals surface area (Å²) in [5.74, 6) is -0.293. The average molecular weight is 360 g/mol. The Morgan fingerprint density at radius 1 is 1.45 bits per heavy atom. The molecule has 1 saturated heterocycles. The van der Waals surface area contributed by atoms with Crippen molar-refractivity contribution in [3.63, 3.8) is 0 Å². The topological polar surface area (TPSA) is 72.3 Å². The second-order valence-electron chi connectivity index (χ2n) is 5.18. The number of rotatable bonds is 2. The number of carbonyl (C=O) groups is 1. The van der Waals surface area contributed by atoms with Gasteiger partial charge in [-0.15, -0.1) is 11.3 Å². The van der Waals surface area contributed by atoms with E-state index in [1.807, 2.05) is 0 Å². The van der Waals surface area contributed by atoms with E-state index in [2.05, 4.69) is 5.10 Å². The lowest BCUT2D eigenvalue weighted by atomic mass is 10.1. The molecule has 1 fully saturated rings. The van der Waals surface area contributed by atoms with Crippen LogP contribution in [0.3, 0.4) is 0 Å². The van der Waals surface area contributed by atoms with Gasteiger partial charge in [-0.05, 0) is 12.1 Å². The molecule has 1 aliphatic heterocycles. The summed E-state index contributed by atoms with van der Waals surface area (Å²) >= 11 is 7.08. The predicted molar refractivity (Wildman–Crippen MR) is 85.0 cm³/mol.